The fraction of sp³-hybridized carbons (Fsp3) is 0.235. The summed E-state index contributed by atoms with van der Waals surface area (Å²) in [6.07, 6.45) is 0. The van der Waals surface area contributed by atoms with Crippen LogP contribution in [-0.4, -0.2) is 38.8 Å². The lowest BCUT2D eigenvalue weighted by Crippen LogP contribution is -2.38. The molecule has 1 N–H and O–H groups in total. The van der Waals surface area contributed by atoms with E-state index in [0.717, 1.165) is 40.7 Å². The summed E-state index contributed by atoms with van der Waals surface area (Å²) in [7, 11) is -3.01. The maximum absolute atomic E-state index is 13.5. The van der Waals surface area contributed by atoms with Gasteiger partial charge in [0.15, 0.2) is 11.6 Å². The second kappa shape index (κ2) is 8.40. The highest BCUT2D eigenvalue weighted by Crippen LogP contribution is 2.27. The van der Waals surface area contributed by atoms with Crippen molar-refractivity contribution in [2.45, 2.75) is 11.8 Å². The van der Waals surface area contributed by atoms with Gasteiger partial charge < -0.3 is 10.1 Å². The van der Waals surface area contributed by atoms with Crippen LogP contribution in [-0.2, 0) is 14.8 Å². The normalized spacial score (nSPS) is 11.5. The summed E-state index contributed by atoms with van der Waals surface area (Å²) in [4.78, 5) is 11.7. The Morgan fingerprint density at radius 1 is 1.11 bits per heavy atom. The van der Waals surface area contributed by atoms with E-state index < -0.39 is 44.8 Å². The summed E-state index contributed by atoms with van der Waals surface area (Å²) in [5.41, 5.74) is -0.0318. The van der Waals surface area contributed by atoms with E-state index in [-0.39, 0.29) is 18.0 Å². The Hall–Kier alpha value is -2.59. The third-order valence-corrected chi connectivity index (χ3v) is 5.56. The molecule has 0 bridgehead atoms. The summed E-state index contributed by atoms with van der Waals surface area (Å²) in [5.74, 6) is -3.87. The van der Waals surface area contributed by atoms with Crippen LogP contribution in [0.5, 0.6) is 5.75 Å². The van der Waals surface area contributed by atoms with E-state index in [1.165, 1.54) is 14.0 Å². The van der Waals surface area contributed by atoms with Crippen LogP contribution >= 0.6 is 0 Å². The lowest BCUT2D eigenvalue weighted by molar-refractivity contribution is -0.116. The first kappa shape index (κ1) is 20.7. The molecule has 1 amide bonds. The van der Waals surface area contributed by atoms with Crippen LogP contribution in [0.4, 0.5) is 18.9 Å². The van der Waals surface area contributed by atoms with Gasteiger partial charge in [0.1, 0.15) is 16.5 Å². The molecule has 2 aromatic carbocycles. The number of methoxy groups -OCH3 is 1. The second-order valence-electron chi connectivity index (χ2n) is 5.40. The van der Waals surface area contributed by atoms with Crippen LogP contribution in [0.25, 0.3) is 0 Å². The molecule has 0 unspecified atom stereocenters. The Bertz CT molecular complexity index is 951. The molecular formula is C17H17F3N2O4S. The molecule has 10 heteroatoms. The number of nitrogens with zero attached hydrogens (tertiary/aromatic N) is 1. The number of carbonyl (C=O) groups excluding carboxylic acids is 1. The summed E-state index contributed by atoms with van der Waals surface area (Å²) in [6.45, 7) is 0.791. The average molecular weight is 402 g/mol. The van der Waals surface area contributed by atoms with Crippen molar-refractivity contribution in [3.8, 4) is 5.75 Å². The summed E-state index contributed by atoms with van der Waals surface area (Å²) in [6, 6.07) is 5.74. The molecule has 0 aliphatic carbocycles. The van der Waals surface area contributed by atoms with E-state index in [2.05, 4.69) is 5.32 Å². The van der Waals surface area contributed by atoms with E-state index in [1.807, 2.05) is 0 Å². The van der Waals surface area contributed by atoms with Gasteiger partial charge in [-0.2, -0.15) is 4.31 Å². The molecule has 27 heavy (non-hydrogen) atoms. The zero-order chi connectivity index (χ0) is 20.2. The third kappa shape index (κ3) is 4.77. The lowest BCUT2D eigenvalue weighted by atomic mass is 10.3. The number of amides is 1. The first-order valence-electron chi connectivity index (χ1n) is 7.77. The number of rotatable bonds is 7. The molecule has 0 saturated carbocycles. The van der Waals surface area contributed by atoms with Crippen LogP contribution in [0.1, 0.15) is 6.92 Å². The number of hydrogen-bond acceptors (Lipinski definition) is 4. The van der Waals surface area contributed by atoms with E-state index in [0.29, 0.717) is 0 Å². The average Bonchev–Trinajstić information content (AvgIpc) is 2.62. The Morgan fingerprint density at radius 2 is 1.81 bits per heavy atom. The Labute approximate surface area is 154 Å². The number of sulfonamides is 1. The Morgan fingerprint density at radius 3 is 2.41 bits per heavy atom. The van der Waals surface area contributed by atoms with Crippen LogP contribution < -0.4 is 10.1 Å². The fourth-order valence-corrected chi connectivity index (χ4v) is 3.86. The molecule has 0 heterocycles. The van der Waals surface area contributed by atoms with Gasteiger partial charge in [-0.15, -0.1) is 0 Å². The smallest absolute Gasteiger partial charge is 0.247 e. The van der Waals surface area contributed by atoms with Gasteiger partial charge in [-0.1, -0.05) is 6.92 Å². The quantitative estimate of drug-likeness (QED) is 0.773. The van der Waals surface area contributed by atoms with Crippen LogP contribution in [0.3, 0.4) is 0 Å². The summed E-state index contributed by atoms with van der Waals surface area (Å²) >= 11 is 0. The highest BCUT2D eigenvalue weighted by Gasteiger charge is 2.29. The van der Waals surface area contributed by atoms with Gasteiger partial charge in [-0.3, -0.25) is 4.79 Å². The summed E-state index contributed by atoms with van der Waals surface area (Å²) in [5, 5.41) is 2.28. The fourth-order valence-electron chi connectivity index (χ4n) is 2.29. The van der Waals surface area contributed by atoms with Crippen molar-refractivity contribution in [3.63, 3.8) is 0 Å². The zero-order valence-electron chi connectivity index (χ0n) is 14.5. The molecule has 146 valence electrons. The third-order valence-electron chi connectivity index (χ3n) is 3.62. The SMILES string of the molecule is CCN(CC(=O)Nc1ccc(F)c(F)c1)S(=O)(=O)c1cc(F)ccc1OC. The number of carbonyl (C=O) groups is 1. The molecular weight excluding hydrogens is 385 g/mol. The number of halogens is 3. The predicted octanol–water partition coefficient (Wildman–Crippen LogP) is 2.76. The number of likely N-dealkylation sites (N-methyl/N-ethyl adjacent to an activating group) is 1. The number of anilines is 1. The van der Waals surface area contributed by atoms with Gasteiger partial charge >= 0.3 is 0 Å². The summed E-state index contributed by atoms with van der Waals surface area (Å²) < 4.78 is 71.0. The number of ether oxygens (including phenoxy) is 1. The molecule has 6 nitrogen and oxygen atoms in total. The maximum atomic E-state index is 13.5. The number of nitrogens with one attached hydrogen (secondary N) is 1. The minimum absolute atomic E-state index is 0.0318. The van der Waals surface area contributed by atoms with Crippen LogP contribution in [0.15, 0.2) is 41.3 Å². The van der Waals surface area contributed by atoms with Crippen molar-refractivity contribution in [2.75, 3.05) is 25.5 Å². The standard InChI is InChI=1S/C17H17F3N2O4S/c1-3-22(10-17(23)21-12-5-6-13(19)14(20)9-12)27(24,25)16-8-11(18)4-7-15(16)26-2/h4-9H,3,10H2,1-2H3,(H,21,23). The van der Waals surface area contributed by atoms with E-state index >= 15 is 0 Å². The predicted molar refractivity (Wildman–Crippen MR) is 92.4 cm³/mol. The van der Waals surface area contributed by atoms with E-state index in [9.17, 15) is 26.4 Å². The highest BCUT2D eigenvalue weighted by molar-refractivity contribution is 7.89. The molecule has 0 aromatic heterocycles. The Balaban J connectivity index is 2.23. The largest absolute Gasteiger partial charge is 0.495 e. The molecule has 2 rings (SSSR count). The Kier molecular flexibility index (Phi) is 6.45. The minimum Gasteiger partial charge on any atom is -0.495 e. The van der Waals surface area contributed by atoms with Crippen LogP contribution in [0, 0.1) is 17.5 Å². The first-order valence-corrected chi connectivity index (χ1v) is 9.21. The van der Waals surface area contributed by atoms with Crippen molar-refractivity contribution in [1.82, 2.24) is 4.31 Å². The molecule has 0 spiro atoms. The molecule has 0 aliphatic rings. The minimum atomic E-state index is -4.25. The second-order valence-corrected chi connectivity index (χ2v) is 7.31. The van der Waals surface area contributed by atoms with Crippen molar-refractivity contribution in [1.29, 1.82) is 0 Å². The molecule has 0 fully saturated rings. The lowest BCUT2D eigenvalue weighted by Gasteiger charge is -2.21. The van der Waals surface area contributed by atoms with Crippen molar-refractivity contribution >= 4 is 21.6 Å². The highest BCUT2D eigenvalue weighted by atomic mass is 32.2. The molecule has 0 atom stereocenters. The van der Waals surface area contributed by atoms with Gasteiger partial charge in [0.2, 0.25) is 15.9 Å². The van der Waals surface area contributed by atoms with E-state index in [1.54, 1.807) is 0 Å². The molecule has 2 aromatic rings. The first-order chi connectivity index (χ1) is 12.7. The number of hydrogen-bond donors (Lipinski definition) is 1. The molecule has 0 aliphatic heterocycles. The molecule has 0 saturated heterocycles. The van der Waals surface area contributed by atoms with Crippen molar-refractivity contribution in [2.24, 2.45) is 0 Å². The maximum Gasteiger partial charge on any atom is 0.247 e. The zero-order valence-corrected chi connectivity index (χ0v) is 15.3. The molecule has 0 radical (unpaired) electrons. The monoisotopic (exact) mass is 402 g/mol. The van der Waals surface area contributed by atoms with Gasteiger partial charge in [-0.25, -0.2) is 21.6 Å². The van der Waals surface area contributed by atoms with Gasteiger partial charge in [0, 0.05) is 18.3 Å². The van der Waals surface area contributed by atoms with E-state index in [4.69, 9.17) is 4.74 Å². The van der Waals surface area contributed by atoms with Gasteiger partial charge in [0.05, 0.1) is 13.7 Å². The van der Waals surface area contributed by atoms with Gasteiger partial charge in [-0.05, 0) is 30.3 Å². The van der Waals surface area contributed by atoms with Crippen molar-refractivity contribution < 1.29 is 31.1 Å². The van der Waals surface area contributed by atoms with Crippen molar-refractivity contribution in [3.05, 3.63) is 53.8 Å². The topological polar surface area (TPSA) is 75.7 Å². The van der Waals surface area contributed by atoms with Gasteiger partial charge in [0.25, 0.3) is 0 Å². The van der Waals surface area contributed by atoms with Crippen LogP contribution in [0.2, 0.25) is 0 Å². The number of benzene rings is 2.